The Hall–Kier alpha value is -2.12. The number of benzene rings is 1. The van der Waals surface area contributed by atoms with Crippen LogP contribution in [0.4, 0.5) is 5.69 Å². The van der Waals surface area contributed by atoms with Gasteiger partial charge in [-0.05, 0) is 37.4 Å². The molecule has 0 aliphatic heterocycles. The van der Waals surface area contributed by atoms with Crippen LogP contribution in [0.15, 0.2) is 53.0 Å². The van der Waals surface area contributed by atoms with E-state index in [0.29, 0.717) is 0 Å². The fraction of sp³-hybridized carbons (Fsp3) is 0.278. The van der Waals surface area contributed by atoms with Crippen LogP contribution in [0.3, 0.4) is 0 Å². The van der Waals surface area contributed by atoms with Crippen molar-refractivity contribution in [3.63, 3.8) is 0 Å². The quantitative estimate of drug-likeness (QED) is 0.610. The second kappa shape index (κ2) is 7.84. The van der Waals surface area contributed by atoms with E-state index in [0.717, 1.165) is 28.1 Å². The molecule has 0 fully saturated rings. The molecule has 130 valence electrons. The average molecular weight is 373 g/mol. The highest BCUT2D eigenvalue weighted by atomic mass is 32.2. The van der Waals surface area contributed by atoms with Crippen molar-refractivity contribution < 1.29 is 4.79 Å². The SMILES string of the molecule is CCn1c(SC(C)C(=O)N(C)c2ccccc2)nnc1-c1cccs1. The van der Waals surface area contributed by atoms with Gasteiger partial charge in [0.2, 0.25) is 5.91 Å². The molecule has 3 rings (SSSR count). The van der Waals surface area contributed by atoms with Gasteiger partial charge in [0.05, 0.1) is 10.1 Å². The highest BCUT2D eigenvalue weighted by molar-refractivity contribution is 8.00. The summed E-state index contributed by atoms with van der Waals surface area (Å²) in [5, 5.41) is 11.2. The minimum Gasteiger partial charge on any atom is -0.315 e. The number of carbonyl (C=O) groups excluding carboxylic acids is 1. The van der Waals surface area contributed by atoms with Gasteiger partial charge in [-0.1, -0.05) is 36.0 Å². The van der Waals surface area contributed by atoms with Crippen LogP contribution < -0.4 is 4.90 Å². The van der Waals surface area contributed by atoms with Gasteiger partial charge in [0.15, 0.2) is 11.0 Å². The number of carbonyl (C=O) groups is 1. The molecular weight excluding hydrogens is 352 g/mol. The highest BCUT2D eigenvalue weighted by Gasteiger charge is 2.23. The van der Waals surface area contributed by atoms with Crippen LogP contribution in [0.5, 0.6) is 0 Å². The van der Waals surface area contributed by atoms with Gasteiger partial charge in [-0.15, -0.1) is 21.5 Å². The van der Waals surface area contributed by atoms with Gasteiger partial charge in [-0.3, -0.25) is 4.79 Å². The minimum absolute atomic E-state index is 0.0412. The lowest BCUT2D eigenvalue weighted by Gasteiger charge is -2.21. The number of aromatic nitrogens is 3. The smallest absolute Gasteiger partial charge is 0.240 e. The monoisotopic (exact) mass is 372 g/mol. The Morgan fingerprint density at radius 3 is 2.64 bits per heavy atom. The van der Waals surface area contributed by atoms with Crippen LogP contribution in [-0.4, -0.2) is 33.0 Å². The summed E-state index contributed by atoms with van der Waals surface area (Å²) in [6, 6.07) is 13.7. The number of thiophene rings is 1. The van der Waals surface area contributed by atoms with E-state index in [1.165, 1.54) is 11.8 Å². The van der Waals surface area contributed by atoms with E-state index in [9.17, 15) is 4.79 Å². The van der Waals surface area contributed by atoms with Crippen LogP contribution in [0.25, 0.3) is 10.7 Å². The summed E-state index contributed by atoms with van der Waals surface area (Å²) < 4.78 is 2.06. The van der Waals surface area contributed by atoms with E-state index in [-0.39, 0.29) is 11.2 Å². The predicted octanol–water partition coefficient (Wildman–Crippen LogP) is 4.17. The first-order chi connectivity index (χ1) is 12.1. The first-order valence-electron chi connectivity index (χ1n) is 8.08. The Balaban J connectivity index is 1.77. The molecule has 7 heteroatoms. The summed E-state index contributed by atoms with van der Waals surface area (Å²) in [6.45, 7) is 4.73. The van der Waals surface area contributed by atoms with Crippen molar-refractivity contribution in [2.75, 3.05) is 11.9 Å². The largest absolute Gasteiger partial charge is 0.315 e. The maximum Gasteiger partial charge on any atom is 0.240 e. The van der Waals surface area contributed by atoms with E-state index in [4.69, 9.17) is 0 Å². The second-order valence-corrected chi connectivity index (χ2v) is 7.78. The third-order valence-corrected chi connectivity index (χ3v) is 5.81. The molecule has 1 aromatic carbocycles. The Morgan fingerprint density at radius 1 is 1.24 bits per heavy atom. The Bertz CT molecular complexity index is 830. The molecule has 0 saturated heterocycles. The van der Waals surface area contributed by atoms with E-state index in [1.807, 2.05) is 54.8 Å². The number of rotatable bonds is 6. The van der Waals surface area contributed by atoms with Crippen molar-refractivity contribution >= 4 is 34.7 Å². The lowest BCUT2D eigenvalue weighted by atomic mass is 10.3. The van der Waals surface area contributed by atoms with Crippen molar-refractivity contribution in [2.24, 2.45) is 0 Å². The number of hydrogen-bond donors (Lipinski definition) is 0. The van der Waals surface area contributed by atoms with Crippen molar-refractivity contribution in [1.29, 1.82) is 0 Å². The van der Waals surface area contributed by atoms with Crippen molar-refractivity contribution in [3.05, 3.63) is 47.8 Å². The van der Waals surface area contributed by atoms with Gasteiger partial charge >= 0.3 is 0 Å². The maximum atomic E-state index is 12.7. The van der Waals surface area contributed by atoms with Gasteiger partial charge in [0.1, 0.15) is 0 Å². The molecule has 0 N–H and O–H groups in total. The fourth-order valence-electron chi connectivity index (χ4n) is 2.51. The van der Waals surface area contributed by atoms with E-state index in [1.54, 1.807) is 23.3 Å². The lowest BCUT2D eigenvalue weighted by molar-refractivity contribution is -0.117. The van der Waals surface area contributed by atoms with Crippen LogP contribution in [0, 0.1) is 0 Å². The van der Waals surface area contributed by atoms with Gasteiger partial charge in [0.25, 0.3) is 0 Å². The van der Waals surface area contributed by atoms with Gasteiger partial charge in [0, 0.05) is 19.3 Å². The van der Waals surface area contributed by atoms with Gasteiger partial charge in [-0.25, -0.2) is 0 Å². The molecule has 1 amide bonds. The first kappa shape index (κ1) is 17.7. The Morgan fingerprint density at radius 2 is 2.00 bits per heavy atom. The highest BCUT2D eigenvalue weighted by Crippen LogP contribution is 2.30. The van der Waals surface area contributed by atoms with E-state index >= 15 is 0 Å². The molecule has 2 heterocycles. The van der Waals surface area contributed by atoms with E-state index in [2.05, 4.69) is 21.7 Å². The van der Waals surface area contributed by atoms with Crippen LogP contribution >= 0.6 is 23.1 Å². The van der Waals surface area contributed by atoms with E-state index < -0.39 is 0 Å². The molecule has 25 heavy (non-hydrogen) atoms. The predicted molar refractivity (Wildman–Crippen MR) is 104 cm³/mol. The van der Waals surface area contributed by atoms with Crippen molar-refractivity contribution in [1.82, 2.24) is 14.8 Å². The topological polar surface area (TPSA) is 51.0 Å². The molecule has 2 aromatic heterocycles. The number of thioether (sulfide) groups is 1. The number of para-hydroxylation sites is 1. The standard InChI is InChI=1S/C18H20N4OS2/c1-4-22-16(15-11-8-12-24-15)19-20-18(22)25-13(2)17(23)21(3)14-9-6-5-7-10-14/h5-13H,4H2,1-3H3. The summed E-state index contributed by atoms with van der Waals surface area (Å²) in [4.78, 5) is 15.5. The molecule has 0 radical (unpaired) electrons. The molecule has 0 aliphatic carbocycles. The third kappa shape index (κ3) is 3.77. The summed E-state index contributed by atoms with van der Waals surface area (Å²) in [5.41, 5.74) is 0.885. The fourth-order valence-corrected chi connectivity index (χ4v) is 4.23. The van der Waals surface area contributed by atoms with Crippen LogP contribution in [-0.2, 0) is 11.3 Å². The zero-order valence-electron chi connectivity index (χ0n) is 14.4. The second-order valence-electron chi connectivity index (χ2n) is 5.52. The summed E-state index contributed by atoms with van der Waals surface area (Å²) in [5.74, 6) is 0.899. The minimum atomic E-state index is -0.254. The lowest BCUT2D eigenvalue weighted by Crippen LogP contribution is -2.33. The van der Waals surface area contributed by atoms with Gasteiger partial charge < -0.3 is 9.47 Å². The molecule has 1 atom stereocenters. The number of hydrogen-bond acceptors (Lipinski definition) is 5. The molecule has 0 bridgehead atoms. The summed E-state index contributed by atoms with van der Waals surface area (Å²) >= 11 is 3.09. The molecule has 0 spiro atoms. The maximum absolute atomic E-state index is 12.7. The summed E-state index contributed by atoms with van der Waals surface area (Å²) in [7, 11) is 1.80. The molecule has 1 unspecified atom stereocenters. The molecular formula is C18H20N4OS2. The number of anilines is 1. The van der Waals surface area contributed by atoms with Crippen molar-refractivity contribution in [3.8, 4) is 10.7 Å². The Labute approximate surface area is 155 Å². The normalized spacial score (nSPS) is 12.1. The average Bonchev–Trinajstić information content (AvgIpc) is 3.30. The zero-order chi connectivity index (χ0) is 17.8. The van der Waals surface area contributed by atoms with Crippen molar-refractivity contribution in [2.45, 2.75) is 30.8 Å². The van der Waals surface area contributed by atoms with Crippen LogP contribution in [0.1, 0.15) is 13.8 Å². The molecule has 0 aliphatic rings. The Kier molecular flexibility index (Phi) is 5.55. The van der Waals surface area contributed by atoms with Gasteiger partial charge in [-0.2, -0.15) is 0 Å². The van der Waals surface area contributed by atoms with Crippen LogP contribution in [0.2, 0.25) is 0 Å². The summed E-state index contributed by atoms with van der Waals surface area (Å²) in [6.07, 6.45) is 0. The molecule has 5 nitrogen and oxygen atoms in total. The molecule has 3 aromatic rings. The zero-order valence-corrected chi connectivity index (χ0v) is 16.0. The first-order valence-corrected chi connectivity index (χ1v) is 9.84. The number of amides is 1. The number of nitrogens with zero attached hydrogens (tertiary/aromatic N) is 4. The third-order valence-electron chi connectivity index (χ3n) is 3.88. The molecule has 0 saturated carbocycles.